The SMILES string of the molecule is I[C@H]1C[C@H]2CC=C[C@@H]2C[C@H]1[n+]1ccccc1. The minimum absolute atomic E-state index is 0.686. The number of pyridine rings is 1. The molecule has 16 heavy (non-hydrogen) atoms. The summed E-state index contributed by atoms with van der Waals surface area (Å²) >= 11 is 2.65. The zero-order valence-corrected chi connectivity index (χ0v) is 11.5. The molecule has 0 spiro atoms. The van der Waals surface area contributed by atoms with Crippen LogP contribution in [-0.4, -0.2) is 3.92 Å². The van der Waals surface area contributed by atoms with Gasteiger partial charge in [0.15, 0.2) is 18.4 Å². The molecular formula is C14H17IN+. The topological polar surface area (TPSA) is 3.88 Å². The third kappa shape index (κ3) is 1.92. The first-order valence-electron chi connectivity index (χ1n) is 6.11. The highest BCUT2D eigenvalue weighted by molar-refractivity contribution is 14.1. The van der Waals surface area contributed by atoms with Crippen molar-refractivity contribution in [2.45, 2.75) is 29.2 Å². The Bertz CT molecular complexity index is 387. The molecule has 1 aromatic rings. The molecule has 84 valence electrons. The molecular weight excluding hydrogens is 309 g/mol. The summed E-state index contributed by atoms with van der Waals surface area (Å²) in [5.74, 6) is 1.77. The quantitative estimate of drug-likeness (QED) is 0.323. The number of nitrogens with zero attached hydrogens (tertiary/aromatic N) is 1. The maximum absolute atomic E-state index is 2.65. The number of hydrogen-bond donors (Lipinski definition) is 0. The second-order valence-corrected chi connectivity index (χ2v) is 6.57. The van der Waals surface area contributed by atoms with Crippen LogP contribution in [0.2, 0.25) is 0 Å². The van der Waals surface area contributed by atoms with Gasteiger partial charge in [-0.05, 0) is 24.7 Å². The Hall–Kier alpha value is -0.380. The van der Waals surface area contributed by atoms with Crippen molar-refractivity contribution >= 4 is 22.6 Å². The van der Waals surface area contributed by atoms with Crippen LogP contribution >= 0.6 is 22.6 Å². The summed E-state index contributed by atoms with van der Waals surface area (Å²) in [5.41, 5.74) is 0. The number of hydrogen-bond acceptors (Lipinski definition) is 0. The van der Waals surface area contributed by atoms with Crippen molar-refractivity contribution in [2.75, 3.05) is 0 Å². The van der Waals surface area contributed by atoms with Gasteiger partial charge in [0, 0.05) is 18.6 Å². The molecule has 0 bridgehead atoms. The van der Waals surface area contributed by atoms with E-state index in [9.17, 15) is 0 Å². The lowest BCUT2D eigenvalue weighted by Gasteiger charge is -2.32. The van der Waals surface area contributed by atoms with Gasteiger partial charge in [-0.1, -0.05) is 40.8 Å². The molecule has 2 aliphatic carbocycles. The summed E-state index contributed by atoms with van der Waals surface area (Å²) in [4.78, 5) is 0. The molecule has 0 radical (unpaired) electrons. The van der Waals surface area contributed by atoms with Crippen LogP contribution in [-0.2, 0) is 0 Å². The molecule has 1 heterocycles. The van der Waals surface area contributed by atoms with Gasteiger partial charge in [0.2, 0.25) is 0 Å². The highest BCUT2D eigenvalue weighted by Crippen LogP contribution is 2.43. The van der Waals surface area contributed by atoms with Crippen LogP contribution in [0.25, 0.3) is 0 Å². The average Bonchev–Trinajstić information content (AvgIpc) is 2.76. The van der Waals surface area contributed by atoms with Gasteiger partial charge in [0.05, 0.1) is 3.92 Å². The van der Waals surface area contributed by atoms with Crippen molar-refractivity contribution in [1.82, 2.24) is 0 Å². The number of rotatable bonds is 1. The Labute approximate surface area is 111 Å². The van der Waals surface area contributed by atoms with Crippen LogP contribution in [0.4, 0.5) is 0 Å². The maximum Gasteiger partial charge on any atom is 0.170 e. The molecule has 1 nitrogen and oxygen atoms in total. The van der Waals surface area contributed by atoms with Crippen molar-refractivity contribution < 1.29 is 4.57 Å². The van der Waals surface area contributed by atoms with Gasteiger partial charge in [-0.15, -0.1) is 0 Å². The van der Waals surface area contributed by atoms with Crippen LogP contribution in [0.5, 0.6) is 0 Å². The van der Waals surface area contributed by atoms with E-state index in [-0.39, 0.29) is 0 Å². The van der Waals surface area contributed by atoms with Crippen molar-refractivity contribution in [1.29, 1.82) is 0 Å². The summed E-state index contributed by atoms with van der Waals surface area (Å²) in [5, 5.41) is 0. The summed E-state index contributed by atoms with van der Waals surface area (Å²) < 4.78 is 3.19. The van der Waals surface area contributed by atoms with Crippen LogP contribution in [0.1, 0.15) is 25.3 Å². The molecule has 2 aliphatic rings. The van der Waals surface area contributed by atoms with E-state index in [2.05, 4.69) is 69.9 Å². The Balaban J connectivity index is 1.83. The van der Waals surface area contributed by atoms with Gasteiger partial charge < -0.3 is 0 Å². The molecule has 0 aliphatic heterocycles. The van der Waals surface area contributed by atoms with Gasteiger partial charge in [-0.3, -0.25) is 0 Å². The predicted molar refractivity (Wildman–Crippen MR) is 73.5 cm³/mol. The largest absolute Gasteiger partial charge is 0.201 e. The van der Waals surface area contributed by atoms with Crippen LogP contribution in [0.3, 0.4) is 0 Å². The average molecular weight is 326 g/mol. The standard InChI is InChI=1S/C14H17IN/c15-13-9-11-5-4-6-12(11)10-14(13)16-7-2-1-3-8-16/h1-4,6-8,11-14H,5,9-10H2/q+1/t11-,12-,13+,14-/m1/s1. The molecule has 0 unspecified atom stereocenters. The first-order valence-corrected chi connectivity index (χ1v) is 7.35. The van der Waals surface area contributed by atoms with Crippen molar-refractivity contribution in [3.63, 3.8) is 0 Å². The molecule has 4 atom stereocenters. The number of fused-ring (bicyclic) bond motifs is 1. The van der Waals surface area contributed by atoms with E-state index >= 15 is 0 Å². The van der Waals surface area contributed by atoms with E-state index in [0.717, 1.165) is 15.8 Å². The molecule has 2 heteroatoms. The van der Waals surface area contributed by atoms with E-state index < -0.39 is 0 Å². The fraction of sp³-hybridized carbons (Fsp3) is 0.500. The first kappa shape index (κ1) is 10.8. The molecule has 0 saturated heterocycles. The molecule has 1 aromatic heterocycles. The summed E-state index contributed by atoms with van der Waals surface area (Å²) in [6.45, 7) is 0. The second kappa shape index (κ2) is 4.47. The van der Waals surface area contributed by atoms with E-state index in [1.807, 2.05) is 0 Å². The van der Waals surface area contributed by atoms with Crippen molar-refractivity contribution in [2.24, 2.45) is 11.8 Å². The highest BCUT2D eigenvalue weighted by atomic mass is 127. The number of halogens is 1. The fourth-order valence-electron chi connectivity index (χ4n) is 3.12. The Morgan fingerprint density at radius 2 is 1.88 bits per heavy atom. The van der Waals surface area contributed by atoms with E-state index in [1.165, 1.54) is 19.3 Å². The summed E-state index contributed by atoms with van der Waals surface area (Å²) in [7, 11) is 0. The van der Waals surface area contributed by atoms with Crippen LogP contribution in [0, 0.1) is 11.8 Å². The molecule has 1 fully saturated rings. The Kier molecular flexibility index (Phi) is 3.01. The van der Waals surface area contributed by atoms with Gasteiger partial charge in [-0.25, -0.2) is 4.57 Å². The maximum atomic E-state index is 2.65. The lowest BCUT2D eigenvalue weighted by molar-refractivity contribution is -0.724. The van der Waals surface area contributed by atoms with Gasteiger partial charge in [-0.2, -0.15) is 0 Å². The Morgan fingerprint density at radius 3 is 2.69 bits per heavy atom. The van der Waals surface area contributed by atoms with Gasteiger partial charge >= 0.3 is 0 Å². The Morgan fingerprint density at radius 1 is 1.06 bits per heavy atom. The lowest BCUT2D eigenvalue weighted by Crippen LogP contribution is -2.47. The second-order valence-electron chi connectivity index (χ2n) is 4.97. The normalized spacial score (nSPS) is 37.3. The minimum Gasteiger partial charge on any atom is -0.201 e. The van der Waals surface area contributed by atoms with Crippen molar-refractivity contribution in [3.8, 4) is 0 Å². The zero-order valence-electron chi connectivity index (χ0n) is 9.30. The molecule has 0 aromatic carbocycles. The van der Waals surface area contributed by atoms with E-state index in [1.54, 1.807) is 0 Å². The number of alkyl halides is 1. The highest BCUT2D eigenvalue weighted by Gasteiger charge is 2.40. The number of aromatic nitrogens is 1. The molecule has 3 rings (SSSR count). The third-order valence-electron chi connectivity index (χ3n) is 4.01. The van der Waals surface area contributed by atoms with Crippen LogP contribution in [0.15, 0.2) is 42.7 Å². The first-order chi connectivity index (χ1) is 7.84. The van der Waals surface area contributed by atoms with E-state index in [0.29, 0.717) is 6.04 Å². The fourth-order valence-corrected chi connectivity index (χ4v) is 4.43. The van der Waals surface area contributed by atoms with E-state index in [4.69, 9.17) is 0 Å². The number of allylic oxidation sites excluding steroid dienone is 2. The van der Waals surface area contributed by atoms with Crippen LogP contribution < -0.4 is 4.57 Å². The van der Waals surface area contributed by atoms with Crippen molar-refractivity contribution in [3.05, 3.63) is 42.7 Å². The van der Waals surface area contributed by atoms with Gasteiger partial charge in [0.1, 0.15) is 0 Å². The lowest BCUT2D eigenvalue weighted by atomic mass is 9.79. The summed E-state index contributed by atoms with van der Waals surface area (Å²) in [6.07, 6.45) is 13.3. The summed E-state index contributed by atoms with van der Waals surface area (Å²) in [6, 6.07) is 7.06. The minimum atomic E-state index is 0.686. The zero-order chi connectivity index (χ0) is 11.0. The molecule has 0 amide bonds. The molecule has 0 N–H and O–H groups in total. The monoisotopic (exact) mass is 326 g/mol. The smallest absolute Gasteiger partial charge is 0.170 e. The molecule has 1 saturated carbocycles. The predicted octanol–water partition coefficient (Wildman–Crippen LogP) is 3.30. The van der Waals surface area contributed by atoms with Gasteiger partial charge in [0.25, 0.3) is 0 Å². The third-order valence-corrected chi connectivity index (χ3v) is 5.35.